The summed E-state index contributed by atoms with van der Waals surface area (Å²) in [6.45, 7) is 6.46. The number of thiol groups is 1. The molecule has 0 bridgehead atoms. The highest BCUT2D eigenvalue weighted by atomic mass is 32.3. The molecule has 1 heteroatoms. The second-order valence-corrected chi connectivity index (χ2v) is 13.4. The first kappa shape index (κ1) is 10.9. The molecule has 0 aromatic carbocycles. The smallest absolute Gasteiger partial charge is 0.0238 e. The van der Waals surface area contributed by atoms with E-state index in [4.69, 9.17) is 0 Å². The fourth-order valence-electron chi connectivity index (χ4n) is 0.391. The lowest BCUT2D eigenvalue weighted by Crippen LogP contribution is -2.08. The van der Waals surface area contributed by atoms with Crippen molar-refractivity contribution >= 4 is 9.16 Å². The van der Waals surface area contributed by atoms with Crippen LogP contribution in [0.3, 0.4) is 0 Å². The molecule has 0 aliphatic carbocycles. The van der Waals surface area contributed by atoms with Gasteiger partial charge in [-0.2, -0.15) is 0 Å². The zero-order valence-corrected chi connectivity index (χ0v) is 9.84. The van der Waals surface area contributed by atoms with Crippen LogP contribution >= 0.6 is 9.16 Å². The minimum atomic E-state index is -1.58. The highest BCUT2D eigenvalue weighted by Crippen LogP contribution is 2.54. The van der Waals surface area contributed by atoms with E-state index >= 15 is 0 Å². The van der Waals surface area contributed by atoms with E-state index in [0.717, 1.165) is 0 Å². The van der Waals surface area contributed by atoms with E-state index in [2.05, 4.69) is 57.0 Å². The van der Waals surface area contributed by atoms with Crippen LogP contribution in [0.4, 0.5) is 0 Å². The molecule has 0 aliphatic rings. The average molecular weight is 174 g/mol. The minimum absolute atomic E-state index is 0.154. The van der Waals surface area contributed by atoms with Crippen LogP contribution in [0.1, 0.15) is 20.8 Å². The summed E-state index contributed by atoms with van der Waals surface area (Å²) >= 11 is 0. The van der Waals surface area contributed by atoms with Crippen molar-refractivity contribution in [2.45, 2.75) is 20.8 Å². The molecule has 0 heterocycles. The highest BCUT2D eigenvalue weighted by molar-refractivity contribution is 8.51. The Hall–Kier alpha value is -0.0900. The quantitative estimate of drug-likeness (QED) is 0.423. The van der Waals surface area contributed by atoms with Gasteiger partial charge in [-0.25, -0.2) is 9.16 Å². The van der Waals surface area contributed by atoms with Crippen LogP contribution in [0.15, 0.2) is 0 Å². The molecule has 0 fully saturated rings. The Balaban J connectivity index is 4.58. The van der Waals surface area contributed by atoms with Gasteiger partial charge in [0.25, 0.3) is 0 Å². The van der Waals surface area contributed by atoms with E-state index in [1.165, 1.54) is 0 Å². The molecule has 0 aliphatic heterocycles. The topological polar surface area (TPSA) is 0 Å². The predicted octanol–water partition coefficient (Wildman–Crippen LogP) is 2.59. The Labute approximate surface area is 72.1 Å². The van der Waals surface area contributed by atoms with Gasteiger partial charge >= 0.3 is 0 Å². The average Bonchev–Trinajstić information content (AvgIpc) is 1.55. The second kappa shape index (κ2) is 2.45. The van der Waals surface area contributed by atoms with Gasteiger partial charge in [-0.1, -0.05) is 11.2 Å². The van der Waals surface area contributed by atoms with Gasteiger partial charge < -0.3 is 0 Å². The maximum atomic E-state index is 3.42. The summed E-state index contributed by atoms with van der Waals surface area (Å²) in [7, 11) is -1.58. The van der Waals surface area contributed by atoms with Gasteiger partial charge in [-0.15, -0.1) is 0 Å². The molecule has 0 radical (unpaired) electrons. The number of hydrogen-bond donors (Lipinski definition) is 1. The summed E-state index contributed by atoms with van der Waals surface area (Å²) < 4.78 is 0. The van der Waals surface area contributed by atoms with Crippen LogP contribution in [0.25, 0.3) is 0 Å². The Morgan fingerprint density at radius 2 is 1.27 bits per heavy atom. The van der Waals surface area contributed by atoms with Crippen LogP contribution in [-0.2, 0) is 0 Å². The monoisotopic (exact) mass is 174 g/mol. The Morgan fingerprint density at radius 1 is 0.909 bits per heavy atom. The van der Waals surface area contributed by atoms with E-state index < -0.39 is 9.16 Å². The lowest BCUT2D eigenvalue weighted by atomic mass is 9.99. The summed E-state index contributed by atoms with van der Waals surface area (Å²) in [6, 6.07) is 0. The lowest BCUT2D eigenvalue weighted by molar-refractivity contribution is 0.571. The predicted molar refractivity (Wildman–Crippen MR) is 59.9 cm³/mol. The molecule has 0 saturated heterocycles. The molecule has 0 saturated carbocycles. The molecule has 0 amide bonds. The third-order valence-electron chi connectivity index (χ3n) is 0.878. The third kappa shape index (κ3) is 9.91. The molecule has 0 rings (SSSR count). The van der Waals surface area contributed by atoms with Crippen LogP contribution in [0.2, 0.25) is 0 Å². The zero-order valence-electron chi connectivity index (χ0n) is 8.95. The van der Waals surface area contributed by atoms with Crippen molar-refractivity contribution in [1.29, 1.82) is 0 Å². The summed E-state index contributed by atoms with van der Waals surface area (Å²) in [5.74, 6) is 3.31. The molecule has 11 heavy (non-hydrogen) atoms. The largest absolute Gasteiger partial charge is 0.243 e. The first-order chi connectivity index (χ1) is 4.46. The van der Waals surface area contributed by atoms with Crippen molar-refractivity contribution in [2.24, 2.45) is 5.41 Å². The molecule has 0 unspecified atom stereocenters. The van der Waals surface area contributed by atoms with Crippen LogP contribution in [0, 0.1) is 16.6 Å². The van der Waals surface area contributed by atoms with E-state index in [1.54, 1.807) is 0 Å². The summed E-state index contributed by atoms with van der Waals surface area (Å²) in [5, 5.41) is 3.42. The van der Waals surface area contributed by atoms with Crippen molar-refractivity contribution in [3.05, 3.63) is 0 Å². The van der Waals surface area contributed by atoms with Gasteiger partial charge in [0.05, 0.1) is 0 Å². The molecule has 0 spiro atoms. The van der Waals surface area contributed by atoms with E-state index in [0.29, 0.717) is 0 Å². The number of hydrogen-bond acceptors (Lipinski definition) is 0. The normalized spacial score (nSPS) is 16.1. The van der Waals surface area contributed by atoms with Gasteiger partial charge in [0.2, 0.25) is 0 Å². The van der Waals surface area contributed by atoms with E-state index in [-0.39, 0.29) is 5.41 Å². The van der Waals surface area contributed by atoms with E-state index in [9.17, 15) is 0 Å². The van der Waals surface area contributed by atoms with Crippen LogP contribution < -0.4 is 0 Å². The fourth-order valence-corrected chi connectivity index (χ4v) is 1.17. The molecule has 0 aromatic rings. The van der Waals surface area contributed by atoms with Crippen LogP contribution in [-0.4, -0.2) is 25.0 Å². The molecule has 0 N–H and O–H groups in total. The number of rotatable bonds is 0. The standard InChI is InChI=1S/C10H22S/c1-10(2,3)8-9-11(4,5,6)7/h11H,1-7H3. The zero-order chi connectivity index (χ0) is 9.36. The molecule has 68 valence electrons. The van der Waals surface area contributed by atoms with Crippen molar-refractivity contribution in [1.82, 2.24) is 0 Å². The maximum Gasteiger partial charge on any atom is 0.0238 e. The Bertz CT molecular complexity index is 190. The van der Waals surface area contributed by atoms with Crippen LogP contribution in [0.5, 0.6) is 0 Å². The fraction of sp³-hybridized carbons (Fsp3) is 0.800. The van der Waals surface area contributed by atoms with Gasteiger partial charge in [-0.05, 0) is 45.8 Å². The SMILES string of the molecule is CC(C)(C)C#C[SH](C)(C)(C)C. The van der Waals surface area contributed by atoms with Gasteiger partial charge in [-0.3, -0.25) is 0 Å². The van der Waals surface area contributed by atoms with Crippen molar-refractivity contribution in [2.75, 3.05) is 25.0 Å². The molecule has 0 nitrogen and oxygen atoms in total. The van der Waals surface area contributed by atoms with Crippen molar-refractivity contribution in [3.63, 3.8) is 0 Å². The second-order valence-electron chi connectivity index (χ2n) is 6.06. The highest BCUT2D eigenvalue weighted by Gasteiger charge is 2.14. The lowest BCUT2D eigenvalue weighted by Gasteiger charge is -2.41. The third-order valence-corrected chi connectivity index (χ3v) is 1.88. The van der Waals surface area contributed by atoms with Crippen molar-refractivity contribution in [3.8, 4) is 11.2 Å². The first-order valence-corrected chi connectivity index (χ1v) is 8.04. The molecular weight excluding hydrogens is 152 g/mol. The Kier molecular flexibility index (Phi) is 2.43. The first-order valence-electron chi connectivity index (χ1n) is 4.01. The minimum Gasteiger partial charge on any atom is -0.243 e. The van der Waals surface area contributed by atoms with Gasteiger partial charge in [0.1, 0.15) is 0 Å². The molecule has 0 atom stereocenters. The summed E-state index contributed by atoms with van der Waals surface area (Å²) in [4.78, 5) is 0. The molecular formula is C10H22S. The van der Waals surface area contributed by atoms with Crippen molar-refractivity contribution < 1.29 is 0 Å². The molecule has 0 aromatic heterocycles. The maximum absolute atomic E-state index is 3.42. The van der Waals surface area contributed by atoms with Gasteiger partial charge in [0, 0.05) is 5.41 Å². The van der Waals surface area contributed by atoms with Gasteiger partial charge in [0.15, 0.2) is 0 Å². The summed E-state index contributed by atoms with van der Waals surface area (Å²) in [6.07, 6.45) is 9.13. The Morgan fingerprint density at radius 3 is 1.36 bits per heavy atom. The summed E-state index contributed by atoms with van der Waals surface area (Å²) in [5.41, 5.74) is 0.154. The van der Waals surface area contributed by atoms with E-state index in [1.807, 2.05) is 0 Å².